The van der Waals surface area contributed by atoms with Gasteiger partial charge in [0.1, 0.15) is 12.4 Å². The van der Waals surface area contributed by atoms with Gasteiger partial charge in [-0.15, -0.1) is 11.3 Å². The number of hydrogen-bond donors (Lipinski definition) is 0. The third-order valence-electron chi connectivity index (χ3n) is 2.25. The molecule has 0 saturated carbocycles. The van der Waals surface area contributed by atoms with Gasteiger partial charge in [0, 0.05) is 9.80 Å². The van der Waals surface area contributed by atoms with Gasteiger partial charge >= 0.3 is 0 Å². The Bertz CT molecular complexity index is 530. The predicted molar refractivity (Wildman–Crippen MR) is 90.8 cm³/mol. The van der Waals surface area contributed by atoms with E-state index in [2.05, 4.69) is 75.9 Å². The normalized spacial score (nSPS) is 10.7. The second kappa shape index (κ2) is 6.88. The van der Waals surface area contributed by atoms with Gasteiger partial charge in [0.2, 0.25) is 0 Å². The molecule has 96 valence electrons. The molecule has 1 heterocycles. The summed E-state index contributed by atoms with van der Waals surface area (Å²) in [5.74, 6) is 0.833. The highest BCUT2D eigenvalue weighted by atomic mass is 79.9. The van der Waals surface area contributed by atoms with Crippen molar-refractivity contribution in [2.24, 2.45) is 0 Å². The molecule has 0 bridgehead atoms. The van der Waals surface area contributed by atoms with Crippen LogP contribution in [0, 0.1) is 0 Å². The van der Waals surface area contributed by atoms with Crippen LogP contribution in [0.5, 0.6) is 5.75 Å². The van der Waals surface area contributed by atoms with E-state index >= 15 is 0 Å². The minimum absolute atomic E-state index is 0.559. The molecule has 0 aliphatic carbocycles. The lowest BCUT2D eigenvalue weighted by Crippen LogP contribution is -1.96. The van der Waals surface area contributed by atoms with Gasteiger partial charge < -0.3 is 4.74 Å². The summed E-state index contributed by atoms with van der Waals surface area (Å²) in [6.45, 7) is 0.559. The highest BCUT2D eigenvalue weighted by Gasteiger charge is 2.10. The molecular weight excluding hydrogens is 512 g/mol. The first-order chi connectivity index (χ1) is 8.61. The average Bonchev–Trinajstić information content (AvgIpc) is 2.73. The van der Waals surface area contributed by atoms with Gasteiger partial charge in [-0.05, 0) is 76.9 Å². The van der Waals surface area contributed by atoms with Crippen LogP contribution in [0.4, 0.5) is 0 Å². The van der Waals surface area contributed by atoms with Crippen LogP contribution in [-0.2, 0) is 11.9 Å². The number of hydrogen-bond acceptors (Lipinski definition) is 2. The summed E-state index contributed by atoms with van der Waals surface area (Å²) in [5, 5.41) is 2.86. The molecule has 0 radical (unpaired) electrons. The topological polar surface area (TPSA) is 9.23 Å². The Hall–Kier alpha value is 0.640. The second-order valence-corrected chi connectivity index (χ2v) is 7.63. The van der Waals surface area contributed by atoms with E-state index in [9.17, 15) is 0 Å². The van der Waals surface area contributed by atoms with Crippen LogP contribution in [0.15, 0.2) is 37.0 Å². The van der Waals surface area contributed by atoms with Gasteiger partial charge in [-0.1, -0.05) is 15.9 Å². The molecule has 1 aromatic carbocycles. The van der Waals surface area contributed by atoms with Crippen LogP contribution in [0.3, 0.4) is 0 Å². The van der Waals surface area contributed by atoms with Gasteiger partial charge in [-0.25, -0.2) is 0 Å². The molecule has 0 unspecified atom stereocenters. The molecular formula is C12H8Br4OS. The van der Waals surface area contributed by atoms with E-state index < -0.39 is 0 Å². The van der Waals surface area contributed by atoms with Crippen molar-refractivity contribution < 1.29 is 4.74 Å². The van der Waals surface area contributed by atoms with E-state index in [4.69, 9.17) is 4.74 Å². The number of halogens is 4. The number of ether oxygens (including phenoxy) is 1. The van der Waals surface area contributed by atoms with Crippen molar-refractivity contribution in [1.82, 2.24) is 0 Å². The Morgan fingerprint density at radius 2 is 1.72 bits per heavy atom. The fraction of sp³-hybridized carbons (Fsp3) is 0.167. The molecule has 0 N–H and O–H groups in total. The van der Waals surface area contributed by atoms with Crippen LogP contribution in [0.2, 0.25) is 0 Å². The Morgan fingerprint density at radius 1 is 1.06 bits per heavy atom. The van der Waals surface area contributed by atoms with Crippen LogP contribution in [-0.4, -0.2) is 0 Å². The van der Waals surface area contributed by atoms with E-state index in [1.165, 1.54) is 10.4 Å². The van der Waals surface area contributed by atoms with Crippen LogP contribution >= 0.6 is 75.1 Å². The van der Waals surface area contributed by atoms with Crippen molar-refractivity contribution in [3.8, 4) is 5.75 Å². The Balaban J connectivity index is 2.17. The van der Waals surface area contributed by atoms with E-state index in [0.29, 0.717) is 6.61 Å². The molecule has 0 atom stereocenters. The number of thiophene rings is 1. The van der Waals surface area contributed by atoms with Crippen LogP contribution < -0.4 is 4.74 Å². The maximum absolute atomic E-state index is 5.86. The van der Waals surface area contributed by atoms with Gasteiger partial charge in [0.25, 0.3) is 0 Å². The lowest BCUT2D eigenvalue weighted by atomic mass is 10.2. The van der Waals surface area contributed by atoms with Crippen LogP contribution in [0.1, 0.15) is 10.4 Å². The maximum Gasteiger partial charge on any atom is 0.148 e. The summed E-state index contributed by atoms with van der Waals surface area (Å²) in [4.78, 5) is 1.18. The zero-order valence-electron chi connectivity index (χ0n) is 9.05. The van der Waals surface area contributed by atoms with Gasteiger partial charge in [0.15, 0.2) is 0 Å². The van der Waals surface area contributed by atoms with E-state index in [-0.39, 0.29) is 0 Å². The smallest absolute Gasteiger partial charge is 0.148 e. The zero-order chi connectivity index (χ0) is 13.1. The molecule has 2 aromatic rings. The summed E-state index contributed by atoms with van der Waals surface area (Å²) >= 11 is 15.7. The number of alkyl halides is 1. The third-order valence-corrected chi connectivity index (χ3v) is 5.98. The fourth-order valence-electron chi connectivity index (χ4n) is 1.39. The Kier molecular flexibility index (Phi) is 5.75. The molecule has 0 saturated heterocycles. The molecule has 1 nitrogen and oxygen atoms in total. The van der Waals surface area contributed by atoms with Crippen molar-refractivity contribution >= 4 is 75.1 Å². The largest absolute Gasteiger partial charge is 0.486 e. The molecule has 0 fully saturated rings. The van der Waals surface area contributed by atoms with Crippen molar-refractivity contribution in [1.29, 1.82) is 0 Å². The summed E-state index contributed by atoms with van der Waals surface area (Å²) in [5.41, 5.74) is 1.19. The highest BCUT2D eigenvalue weighted by molar-refractivity contribution is 9.11. The van der Waals surface area contributed by atoms with Crippen molar-refractivity contribution in [3.63, 3.8) is 0 Å². The minimum atomic E-state index is 0.559. The summed E-state index contributed by atoms with van der Waals surface area (Å²) in [6, 6.07) is 6.14. The fourth-order valence-corrected chi connectivity index (χ4v) is 4.61. The molecule has 0 aliphatic rings. The quantitative estimate of drug-likeness (QED) is 0.419. The van der Waals surface area contributed by atoms with E-state index in [1.807, 2.05) is 11.4 Å². The first-order valence-corrected chi connectivity index (χ1v) is 9.38. The molecule has 6 heteroatoms. The van der Waals surface area contributed by atoms with Crippen molar-refractivity contribution in [2.75, 3.05) is 0 Å². The summed E-state index contributed by atoms with van der Waals surface area (Å²) in [6.07, 6.45) is 0. The molecule has 1 aromatic heterocycles. The molecule has 2 rings (SSSR count). The van der Waals surface area contributed by atoms with Gasteiger partial charge in [0.05, 0.1) is 13.8 Å². The molecule has 0 spiro atoms. The Morgan fingerprint density at radius 3 is 2.22 bits per heavy atom. The average molecular weight is 520 g/mol. The van der Waals surface area contributed by atoms with Crippen LogP contribution in [0.25, 0.3) is 0 Å². The molecule has 18 heavy (non-hydrogen) atoms. The van der Waals surface area contributed by atoms with E-state index in [1.54, 1.807) is 11.3 Å². The predicted octanol–water partition coefficient (Wildman–Crippen LogP) is 6.51. The standard InChI is InChI=1S/C12H8Br4OS/c13-5-7-3-9(15)12(10(16)4-7)17-6-11-8(14)1-2-18-11/h1-4H,5-6H2. The SMILES string of the molecule is BrCc1cc(Br)c(OCc2sccc2Br)c(Br)c1. The lowest BCUT2D eigenvalue weighted by molar-refractivity contribution is 0.305. The summed E-state index contributed by atoms with van der Waals surface area (Å²) in [7, 11) is 0. The molecule has 0 aliphatic heterocycles. The summed E-state index contributed by atoms with van der Waals surface area (Å²) < 4.78 is 8.87. The molecule has 0 amide bonds. The van der Waals surface area contributed by atoms with Gasteiger partial charge in [-0.3, -0.25) is 0 Å². The van der Waals surface area contributed by atoms with E-state index in [0.717, 1.165) is 24.5 Å². The van der Waals surface area contributed by atoms with Crippen molar-refractivity contribution in [2.45, 2.75) is 11.9 Å². The zero-order valence-corrected chi connectivity index (χ0v) is 16.2. The van der Waals surface area contributed by atoms with Crippen molar-refractivity contribution in [3.05, 3.63) is 47.4 Å². The lowest BCUT2D eigenvalue weighted by Gasteiger charge is -2.11. The maximum atomic E-state index is 5.86. The Labute approximate surface area is 143 Å². The first-order valence-electron chi connectivity index (χ1n) is 5.00. The number of benzene rings is 1. The first kappa shape index (κ1) is 15.0. The van der Waals surface area contributed by atoms with Gasteiger partial charge in [-0.2, -0.15) is 0 Å². The third kappa shape index (κ3) is 3.60. The second-order valence-electron chi connectivity index (χ2n) is 3.50. The number of rotatable bonds is 4. The monoisotopic (exact) mass is 516 g/mol. The minimum Gasteiger partial charge on any atom is -0.486 e. The highest BCUT2D eigenvalue weighted by Crippen LogP contribution is 2.36.